The lowest BCUT2D eigenvalue weighted by molar-refractivity contribution is -0.119. The van der Waals surface area contributed by atoms with Gasteiger partial charge in [0.05, 0.1) is 17.9 Å². The summed E-state index contributed by atoms with van der Waals surface area (Å²) in [5.74, 6) is -1.61. The van der Waals surface area contributed by atoms with Gasteiger partial charge in [0.1, 0.15) is 5.75 Å². The quantitative estimate of drug-likeness (QED) is 0.579. The monoisotopic (exact) mass is 380 g/mol. The van der Waals surface area contributed by atoms with Crippen molar-refractivity contribution >= 4 is 23.3 Å². The summed E-state index contributed by atoms with van der Waals surface area (Å²) >= 11 is 0. The van der Waals surface area contributed by atoms with Gasteiger partial charge >= 0.3 is 12.6 Å². The molecule has 9 heteroatoms. The molecule has 0 radical (unpaired) electrons. The van der Waals surface area contributed by atoms with Crippen LogP contribution in [0.3, 0.4) is 0 Å². The summed E-state index contributed by atoms with van der Waals surface area (Å²) in [6, 6.07) is 11.9. The number of halogens is 2. The third-order valence-electron chi connectivity index (χ3n) is 3.27. The predicted molar refractivity (Wildman–Crippen MR) is 94.0 cm³/mol. The number of hydrogen-bond acceptors (Lipinski definition) is 6. The molecule has 2 aromatic rings. The minimum absolute atomic E-state index is 0.0234. The second-order valence-electron chi connectivity index (χ2n) is 5.23. The fourth-order valence-electron chi connectivity index (χ4n) is 2.09. The number of amides is 1. The minimum Gasteiger partial charge on any atom is -0.452 e. The van der Waals surface area contributed by atoms with Crippen molar-refractivity contribution in [3.05, 3.63) is 54.1 Å². The van der Waals surface area contributed by atoms with E-state index >= 15 is 0 Å². The van der Waals surface area contributed by atoms with Crippen LogP contribution in [0.2, 0.25) is 0 Å². The van der Waals surface area contributed by atoms with Crippen LogP contribution in [0.5, 0.6) is 5.75 Å². The van der Waals surface area contributed by atoms with Crippen LogP contribution in [0.1, 0.15) is 10.4 Å². The average Bonchev–Trinajstić information content (AvgIpc) is 2.66. The van der Waals surface area contributed by atoms with Gasteiger partial charge in [-0.25, -0.2) is 4.79 Å². The van der Waals surface area contributed by atoms with Crippen LogP contribution < -0.4 is 15.4 Å². The second-order valence-corrected chi connectivity index (χ2v) is 5.23. The number of benzene rings is 2. The van der Waals surface area contributed by atoms with Gasteiger partial charge in [-0.3, -0.25) is 4.79 Å². The Morgan fingerprint density at radius 3 is 2.44 bits per heavy atom. The largest absolute Gasteiger partial charge is 0.452 e. The number of hydrogen-bond donors (Lipinski definition) is 3. The first kappa shape index (κ1) is 20.1. The van der Waals surface area contributed by atoms with E-state index in [9.17, 15) is 18.4 Å². The standard InChI is InChI=1S/C18H18F2N2O5/c19-18(20)27-15-4-2-1-3-14(15)22-16(24)11-26-17(25)12-5-7-13(8-6-12)21-9-10-23/h1-8,18,21,23H,9-11H2,(H,22,24). The molecule has 144 valence electrons. The molecule has 0 spiro atoms. The molecular weight excluding hydrogens is 362 g/mol. The highest BCUT2D eigenvalue weighted by Crippen LogP contribution is 2.25. The number of aliphatic hydroxyl groups excluding tert-OH is 1. The van der Waals surface area contributed by atoms with Crippen molar-refractivity contribution in [1.82, 2.24) is 0 Å². The Morgan fingerprint density at radius 2 is 1.78 bits per heavy atom. The topological polar surface area (TPSA) is 96.9 Å². The van der Waals surface area contributed by atoms with Crippen molar-refractivity contribution in [1.29, 1.82) is 0 Å². The van der Waals surface area contributed by atoms with Gasteiger partial charge in [-0.1, -0.05) is 12.1 Å². The molecule has 0 saturated heterocycles. The maximum Gasteiger partial charge on any atom is 0.387 e. The maximum atomic E-state index is 12.4. The molecule has 0 atom stereocenters. The van der Waals surface area contributed by atoms with E-state index in [0.29, 0.717) is 12.2 Å². The molecule has 0 unspecified atom stereocenters. The lowest BCUT2D eigenvalue weighted by Gasteiger charge is -2.12. The Morgan fingerprint density at radius 1 is 1.07 bits per heavy atom. The van der Waals surface area contributed by atoms with Gasteiger partial charge in [-0.2, -0.15) is 8.78 Å². The highest BCUT2D eigenvalue weighted by atomic mass is 19.3. The van der Waals surface area contributed by atoms with Gasteiger partial charge in [-0.05, 0) is 36.4 Å². The Balaban J connectivity index is 1.87. The number of carbonyl (C=O) groups excluding carboxylic acids is 2. The lowest BCUT2D eigenvalue weighted by atomic mass is 10.2. The second kappa shape index (κ2) is 10.1. The van der Waals surface area contributed by atoms with E-state index in [-0.39, 0.29) is 23.6 Å². The van der Waals surface area contributed by atoms with Crippen LogP contribution in [-0.4, -0.2) is 43.4 Å². The van der Waals surface area contributed by atoms with Crippen molar-refractivity contribution in [2.75, 3.05) is 30.4 Å². The van der Waals surface area contributed by atoms with Gasteiger partial charge in [-0.15, -0.1) is 0 Å². The number of rotatable bonds is 9. The number of ether oxygens (including phenoxy) is 2. The van der Waals surface area contributed by atoms with E-state index in [2.05, 4.69) is 15.4 Å². The van der Waals surface area contributed by atoms with Gasteiger partial charge in [0, 0.05) is 12.2 Å². The zero-order valence-electron chi connectivity index (χ0n) is 14.2. The normalized spacial score (nSPS) is 10.4. The molecule has 3 N–H and O–H groups in total. The molecule has 2 aromatic carbocycles. The van der Waals surface area contributed by atoms with Crippen LogP contribution in [-0.2, 0) is 9.53 Å². The van der Waals surface area contributed by atoms with Crippen LogP contribution in [0.4, 0.5) is 20.2 Å². The summed E-state index contributed by atoms with van der Waals surface area (Å²) in [7, 11) is 0. The zero-order valence-corrected chi connectivity index (χ0v) is 14.2. The summed E-state index contributed by atoms with van der Waals surface area (Å²) in [6.07, 6.45) is 0. The average molecular weight is 380 g/mol. The Labute approximate surface area is 153 Å². The van der Waals surface area contributed by atoms with Gasteiger partial charge in [0.2, 0.25) is 0 Å². The van der Waals surface area contributed by atoms with E-state index in [1.54, 1.807) is 12.1 Å². The van der Waals surface area contributed by atoms with E-state index in [1.807, 2.05) is 0 Å². The van der Waals surface area contributed by atoms with Crippen molar-refractivity contribution in [2.45, 2.75) is 6.61 Å². The summed E-state index contributed by atoms with van der Waals surface area (Å²) in [5.41, 5.74) is 0.992. The van der Waals surface area contributed by atoms with E-state index < -0.39 is 25.1 Å². The zero-order chi connectivity index (χ0) is 19.6. The third kappa shape index (κ3) is 6.55. The van der Waals surface area contributed by atoms with Crippen LogP contribution >= 0.6 is 0 Å². The molecule has 7 nitrogen and oxygen atoms in total. The van der Waals surface area contributed by atoms with Crippen molar-refractivity contribution in [3.8, 4) is 5.75 Å². The number of nitrogens with one attached hydrogen (secondary N) is 2. The molecule has 1 amide bonds. The number of anilines is 2. The number of esters is 1. The van der Waals surface area contributed by atoms with Crippen LogP contribution in [0.25, 0.3) is 0 Å². The minimum atomic E-state index is -3.03. The van der Waals surface area contributed by atoms with Crippen LogP contribution in [0, 0.1) is 0 Å². The summed E-state index contributed by atoms with van der Waals surface area (Å²) < 4.78 is 33.9. The summed E-state index contributed by atoms with van der Waals surface area (Å²) in [6.45, 7) is -3.27. The molecule has 0 aliphatic rings. The fourth-order valence-corrected chi connectivity index (χ4v) is 2.09. The van der Waals surface area contributed by atoms with E-state index in [4.69, 9.17) is 9.84 Å². The number of alkyl halides is 2. The lowest BCUT2D eigenvalue weighted by Crippen LogP contribution is -2.21. The Hall–Kier alpha value is -3.20. The van der Waals surface area contributed by atoms with Crippen LogP contribution in [0.15, 0.2) is 48.5 Å². The van der Waals surface area contributed by atoms with Crippen molar-refractivity contribution in [2.24, 2.45) is 0 Å². The molecule has 0 aliphatic carbocycles. The Bertz CT molecular complexity index is 769. The van der Waals surface area contributed by atoms with E-state index in [0.717, 1.165) is 0 Å². The first-order chi connectivity index (χ1) is 13.0. The molecule has 0 aliphatic heterocycles. The fraction of sp³-hybridized carbons (Fsp3) is 0.222. The highest BCUT2D eigenvalue weighted by Gasteiger charge is 2.14. The molecule has 0 aromatic heterocycles. The predicted octanol–water partition coefficient (Wildman–Crippen LogP) is 2.49. The highest BCUT2D eigenvalue weighted by molar-refractivity contribution is 5.96. The number of para-hydroxylation sites is 2. The smallest absolute Gasteiger partial charge is 0.387 e. The van der Waals surface area contributed by atoms with E-state index in [1.165, 1.54) is 36.4 Å². The van der Waals surface area contributed by atoms with Gasteiger partial charge in [0.25, 0.3) is 5.91 Å². The van der Waals surface area contributed by atoms with Crippen molar-refractivity contribution in [3.63, 3.8) is 0 Å². The molecule has 0 bridgehead atoms. The molecule has 27 heavy (non-hydrogen) atoms. The third-order valence-corrected chi connectivity index (χ3v) is 3.27. The van der Waals surface area contributed by atoms with Gasteiger partial charge in [0.15, 0.2) is 6.61 Å². The maximum absolute atomic E-state index is 12.4. The van der Waals surface area contributed by atoms with Crippen molar-refractivity contribution < 1.29 is 33.0 Å². The summed E-state index contributed by atoms with van der Waals surface area (Å²) in [5, 5.41) is 14.0. The summed E-state index contributed by atoms with van der Waals surface area (Å²) in [4.78, 5) is 23.8. The number of aliphatic hydroxyl groups is 1. The first-order valence-corrected chi connectivity index (χ1v) is 7.95. The van der Waals surface area contributed by atoms with Gasteiger partial charge < -0.3 is 25.2 Å². The molecule has 2 rings (SSSR count). The molecular formula is C18H18F2N2O5. The first-order valence-electron chi connectivity index (χ1n) is 7.95. The molecule has 0 heterocycles. The number of carbonyl (C=O) groups is 2. The molecule has 0 saturated carbocycles. The Kier molecular flexibility index (Phi) is 7.50. The molecule has 0 fully saturated rings. The SMILES string of the molecule is O=C(COC(=O)c1ccc(NCCO)cc1)Nc1ccccc1OC(F)F.